The molecule has 0 amide bonds. The van der Waals surface area contributed by atoms with E-state index in [0.29, 0.717) is 0 Å². The van der Waals surface area contributed by atoms with Crippen molar-refractivity contribution in [1.29, 1.82) is 0 Å². The first-order valence-corrected chi connectivity index (χ1v) is 4.46. The Bertz CT molecular complexity index is 37.7. The summed E-state index contributed by atoms with van der Waals surface area (Å²) in [5.74, 6) is 0. The third-order valence-electron chi connectivity index (χ3n) is 1.39. The minimum atomic E-state index is 0.991. The molecular formula is C7H17Si. The van der Waals surface area contributed by atoms with E-state index in [0.717, 1.165) is 5.54 Å². The molecule has 0 saturated carbocycles. The van der Waals surface area contributed by atoms with Gasteiger partial charge in [0.15, 0.2) is 0 Å². The molecule has 0 aromatic heterocycles. The molecule has 0 N–H and O–H groups in total. The van der Waals surface area contributed by atoms with Crippen LogP contribution in [0.4, 0.5) is 0 Å². The summed E-state index contributed by atoms with van der Waals surface area (Å²) >= 11 is 0. The second kappa shape index (κ2) is 5.36. The lowest BCUT2D eigenvalue weighted by atomic mass is 10.1. The third kappa shape index (κ3) is 4.38. The quantitative estimate of drug-likeness (QED) is 0.509. The fourth-order valence-corrected chi connectivity index (χ4v) is 1.78. The summed E-state index contributed by atoms with van der Waals surface area (Å²) in [6.07, 6.45) is 5.56. The molecule has 0 aliphatic carbocycles. The zero-order valence-electron chi connectivity index (χ0n) is 6.11. The minimum absolute atomic E-state index is 0.991. The maximum atomic E-state index is 2.26. The monoisotopic (exact) mass is 129 g/mol. The van der Waals surface area contributed by atoms with Crippen molar-refractivity contribution in [2.75, 3.05) is 0 Å². The Morgan fingerprint density at radius 2 is 1.50 bits per heavy atom. The standard InChI is InChI=1S/C7H17Si/c1-3-5-7(8)6-4-2/h7H,3-6,8H2,1-2H3. The highest BCUT2D eigenvalue weighted by atomic mass is 28.1. The van der Waals surface area contributed by atoms with Gasteiger partial charge in [0.05, 0.1) is 0 Å². The summed E-state index contributed by atoms with van der Waals surface area (Å²) in [7, 11) is 2.15. The normalized spacial score (nSPS) is 10.5. The van der Waals surface area contributed by atoms with Crippen molar-refractivity contribution >= 4 is 10.2 Å². The van der Waals surface area contributed by atoms with Crippen LogP contribution in [0, 0.1) is 0 Å². The van der Waals surface area contributed by atoms with Gasteiger partial charge in [0.1, 0.15) is 0 Å². The second-order valence-corrected chi connectivity index (χ2v) is 3.60. The minimum Gasteiger partial charge on any atom is -0.0654 e. The molecule has 0 bridgehead atoms. The molecule has 49 valence electrons. The van der Waals surface area contributed by atoms with Crippen LogP contribution in [0.1, 0.15) is 39.5 Å². The Labute approximate surface area is 56.1 Å². The van der Waals surface area contributed by atoms with Crippen molar-refractivity contribution in [2.45, 2.75) is 45.1 Å². The summed E-state index contributed by atoms with van der Waals surface area (Å²) in [5, 5.41) is 0. The SMILES string of the molecule is CCCC([SiH2])CCC. The van der Waals surface area contributed by atoms with Gasteiger partial charge in [-0.15, -0.1) is 0 Å². The van der Waals surface area contributed by atoms with Gasteiger partial charge in [-0.2, -0.15) is 0 Å². The van der Waals surface area contributed by atoms with Crippen molar-refractivity contribution in [2.24, 2.45) is 0 Å². The van der Waals surface area contributed by atoms with Crippen LogP contribution in [0.25, 0.3) is 0 Å². The second-order valence-electron chi connectivity index (χ2n) is 2.44. The van der Waals surface area contributed by atoms with Gasteiger partial charge in [0, 0.05) is 10.2 Å². The molecule has 0 aromatic carbocycles. The summed E-state index contributed by atoms with van der Waals surface area (Å²) in [6.45, 7) is 4.52. The van der Waals surface area contributed by atoms with Gasteiger partial charge in [-0.25, -0.2) is 0 Å². The third-order valence-corrected chi connectivity index (χ3v) is 2.21. The smallest absolute Gasteiger partial charge is 0.0121 e. The Hall–Kier alpha value is 0.217. The number of hydrogen-bond acceptors (Lipinski definition) is 0. The molecule has 0 heterocycles. The van der Waals surface area contributed by atoms with Crippen LogP contribution >= 0.6 is 0 Å². The summed E-state index contributed by atoms with van der Waals surface area (Å²) in [6, 6.07) is 0. The van der Waals surface area contributed by atoms with E-state index >= 15 is 0 Å². The fraction of sp³-hybridized carbons (Fsp3) is 1.00. The molecule has 0 atom stereocenters. The van der Waals surface area contributed by atoms with E-state index in [9.17, 15) is 0 Å². The van der Waals surface area contributed by atoms with Crippen molar-refractivity contribution in [3.8, 4) is 0 Å². The fourth-order valence-electron chi connectivity index (χ4n) is 0.961. The van der Waals surface area contributed by atoms with Crippen LogP contribution in [0.2, 0.25) is 5.54 Å². The zero-order chi connectivity index (χ0) is 6.41. The molecule has 0 aliphatic heterocycles. The molecule has 0 unspecified atom stereocenters. The molecule has 1 heteroatoms. The molecule has 0 fully saturated rings. The number of rotatable bonds is 4. The summed E-state index contributed by atoms with van der Waals surface area (Å²) in [4.78, 5) is 0. The Morgan fingerprint density at radius 1 is 1.12 bits per heavy atom. The van der Waals surface area contributed by atoms with Gasteiger partial charge in [0.2, 0.25) is 0 Å². The van der Waals surface area contributed by atoms with Crippen molar-refractivity contribution in [3.05, 3.63) is 0 Å². The van der Waals surface area contributed by atoms with Gasteiger partial charge in [0.25, 0.3) is 0 Å². The highest BCUT2D eigenvalue weighted by molar-refractivity contribution is 6.11. The van der Waals surface area contributed by atoms with E-state index in [4.69, 9.17) is 0 Å². The molecule has 1 radical (unpaired) electrons. The van der Waals surface area contributed by atoms with Gasteiger partial charge in [-0.3, -0.25) is 0 Å². The first-order chi connectivity index (χ1) is 3.81. The average Bonchev–Trinajstić information content (AvgIpc) is 1.68. The first kappa shape index (κ1) is 8.22. The lowest BCUT2D eigenvalue weighted by Gasteiger charge is -2.05. The maximum Gasteiger partial charge on any atom is 0.0121 e. The molecule has 8 heavy (non-hydrogen) atoms. The first-order valence-electron chi connectivity index (χ1n) is 3.64. The van der Waals surface area contributed by atoms with Crippen LogP contribution in [0.15, 0.2) is 0 Å². The van der Waals surface area contributed by atoms with Gasteiger partial charge < -0.3 is 0 Å². The van der Waals surface area contributed by atoms with Crippen LogP contribution in [0.5, 0.6) is 0 Å². The summed E-state index contributed by atoms with van der Waals surface area (Å²) in [5.41, 5.74) is 0.991. The molecule has 0 aromatic rings. The highest BCUT2D eigenvalue weighted by Crippen LogP contribution is 2.14. The predicted octanol–water partition coefficient (Wildman–Crippen LogP) is 2.01. The van der Waals surface area contributed by atoms with Crippen LogP contribution in [-0.4, -0.2) is 10.2 Å². The van der Waals surface area contributed by atoms with E-state index in [1.807, 2.05) is 0 Å². The highest BCUT2D eigenvalue weighted by Gasteiger charge is 1.95. The molecule has 0 rings (SSSR count). The Morgan fingerprint density at radius 3 is 1.75 bits per heavy atom. The van der Waals surface area contributed by atoms with Gasteiger partial charge >= 0.3 is 0 Å². The van der Waals surface area contributed by atoms with Gasteiger partial charge in [-0.05, 0) is 0 Å². The topological polar surface area (TPSA) is 0 Å². The lowest BCUT2D eigenvalue weighted by Crippen LogP contribution is -1.89. The number of hydrogen-bond donors (Lipinski definition) is 0. The molecule has 0 aliphatic rings. The Balaban J connectivity index is 2.92. The zero-order valence-corrected chi connectivity index (χ0v) is 7.53. The predicted molar refractivity (Wildman–Crippen MR) is 42.1 cm³/mol. The van der Waals surface area contributed by atoms with Crippen molar-refractivity contribution < 1.29 is 0 Å². The van der Waals surface area contributed by atoms with Crippen molar-refractivity contribution in [3.63, 3.8) is 0 Å². The van der Waals surface area contributed by atoms with Crippen LogP contribution in [-0.2, 0) is 0 Å². The van der Waals surface area contributed by atoms with Gasteiger partial charge in [-0.1, -0.05) is 45.1 Å². The summed E-state index contributed by atoms with van der Waals surface area (Å²) < 4.78 is 0. The van der Waals surface area contributed by atoms with E-state index in [1.165, 1.54) is 25.7 Å². The van der Waals surface area contributed by atoms with Crippen LogP contribution < -0.4 is 0 Å². The largest absolute Gasteiger partial charge is 0.0654 e. The van der Waals surface area contributed by atoms with E-state index < -0.39 is 0 Å². The van der Waals surface area contributed by atoms with E-state index in [-0.39, 0.29) is 0 Å². The van der Waals surface area contributed by atoms with E-state index in [1.54, 1.807) is 0 Å². The molecule has 0 nitrogen and oxygen atoms in total. The molecule has 0 saturated heterocycles. The lowest BCUT2D eigenvalue weighted by molar-refractivity contribution is 0.655. The van der Waals surface area contributed by atoms with Crippen LogP contribution in [0.3, 0.4) is 0 Å². The maximum absolute atomic E-state index is 2.26. The molecule has 0 spiro atoms. The average molecular weight is 129 g/mol. The van der Waals surface area contributed by atoms with Crippen molar-refractivity contribution in [1.82, 2.24) is 0 Å². The Kier molecular flexibility index (Phi) is 5.50. The van der Waals surface area contributed by atoms with E-state index in [2.05, 4.69) is 24.1 Å². The molecular weight excluding hydrogens is 112 g/mol.